The number of nitrogens with zero attached hydrogens (tertiary/aromatic N) is 3. The number of ketones is 1. The minimum atomic E-state index is -0.178. The number of carbonyl (C=O) groups excluding carboxylic acids is 3. The van der Waals surface area contributed by atoms with Crippen molar-refractivity contribution in [3.63, 3.8) is 0 Å². The molecule has 2 saturated heterocycles. The van der Waals surface area contributed by atoms with Gasteiger partial charge in [-0.15, -0.1) is 0 Å². The van der Waals surface area contributed by atoms with E-state index in [1.54, 1.807) is 16.7 Å². The van der Waals surface area contributed by atoms with Gasteiger partial charge in [0.15, 0.2) is 5.78 Å². The monoisotopic (exact) mass is 406 g/mol. The molecule has 1 N–H and O–H groups in total. The van der Waals surface area contributed by atoms with Crippen molar-refractivity contribution < 1.29 is 14.4 Å². The second-order valence-electron chi connectivity index (χ2n) is 7.77. The number of hydrogen-bond donors (Lipinski definition) is 1. The van der Waals surface area contributed by atoms with Crippen LogP contribution in [0.3, 0.4) is 0 Å². The quantitative estimate of drug-likeness (QED) is 0.792. The van der Waals surface area contributed by atoms with Crippen LogP contribution in [0.4, 0.5) is 16.2 Å². The van der Waals surface area contributed by atoms with Gasteiger partial charge in [-0.05, 0) is 43.3 Å². The van der Waals surface area contributed by atoms with Gasteiger partial charge < -0.3 is 20.0 Å². The highest BCUT2D eigenvalue weighted by Gasteiger charge is 2.33. The number of carbonyl (C=O) groups is 3. The molecule has 7 heteroatoms. The lowest BCUT2D eigenvalue weighted by molar-refractivity contribution is -0.117. The average molecular weight is 406 g/mol. The molecule has 2 aromatic carbocycles. The Bertz CT molecular complexity index is 921. The fourth-order valence-corrected chi connectivity index (χ4v) is 4.00. The van der Waals surface area contributed by atoms with Gasteiger partial charge in [0.2, 0.25) is 5.91 Å². The highest BCUT2D eigenvalue weighted by atomic mass is 16.2. The van der Waals surface area contributed by atoms with Gasteiger partial charge in [0.25, 0.3) is 0 Å². The predicted octanol–water partition coefficient (Wildman–Crippen LogP) is 2.53. The summed E-state index contributed by atoms with van der Waals surface area (Å²) in [6.45, 7) is 4.74. The third kappa shape index (κ3) is 4.30. The standard InChI is InChI=1S/C23H26N4O3/c1-17(28)18-7-9-20(10-8-18)25-11-13-26(14-12-25)23(30)24-19-15-22(29)27(16-19)21-5-3-2-4-6-21/h2-10,19H,11-16H2,1H3,(H,24,30)/t19-/m1/s1. The summed E-state index contributed by atoms with van der Waals surface area (Å²) < 4.78 is 0. The molecule has 7 nitrogen and oxygen atoms in total. The third-order valence-electron chi connectivity index (χ3n) is 5.73. The van der Waals surface area contributed by atoms with Crippen LogP contribution in [0.2, 0.25) is 0 Å². The van der Waals surface area contributed by atoms with Crippen LogP contribution in [0.15, 0.2) is 54.6 Å². The minimum Gasteiger partial charge on any atom is -0.368 e. The zero-order chi connectivity index (χ0) is 21.1. The zero-order valence-corrected chi connectivity index (χ0v) is 17.1. The van der Waals surface area contributed by atoms with Crippen LogP contribution in [-0.4, -0.2) is 61.4 Å². The number of para-hydroxylation sites is 1. The van der Waals surface area contributed by atoms with Crippen LogP contribution in [0.1, 0.15) is 23.7 Å². The maximum atomic E-state index is 12.7. The maximum Gasteiger partial charge on any atom is 0.317 e. The van der Waals surface area contributed by atoms with E-state index in [0.717, 1.165) is 24.5 Å². The van der Waals surface area contributed by atoms with Gasteiger partial charge in [0.1, 0.15) is 0 Å². The first kappa shape index (κ1) is 19.9. The van der Waals surface area contributed by atoms with E-state index in [2.05, 4.69) is 10.2 Å². The lowest BCUT2D eigenvalue weighted by atomic mass is 10.1. The van der Waals surface area contributed by atoms with Gasteiger partial charge in [-0.1, -0.05) is 18.2 Å². The third-order valence-corrected chi connectivity index (χ3v) is 5.73. The molecule has 2 heterocycles. The van der Waals surface area contributed by atoms with Crippen LogP contribution in [0.5, 0.6) is 0 Å². The SMILES string of the molecule is CC(=O)c1ccc(N2CCN(C(=O)N[C@@H]3CC(=O)N(c4ccccc4)C3)CC2)cc1. The van der Waals surface area contributed by atoms with Crippen molar-refractivity contribution >= 4 is 29.1 Å². The number of rotatable bonds is 4. The highest BCUT2D eigenvalue weighted by molar-refractivity contribution is 5.97. The van der Waals surface area contributed by atoms with E-state index in [-0.39, 0.29) is 23.8 Å². The molecule has 4 rings (SSSR count). The lowest BCUT2D eigenvalue weighted by Crippen LogP contribution is -2.53. The van der Waals surface area contributed by atoms with E-state index in [9.17, 15) is 14.4 Å². The Morgan fingerprint density at radius 1 is 0.900 bits per heavy atom. The molecule has 0 aromatic heterocycles. The van der Waals surface area contributed by atoms with Crippen molar-refractivity contribution in [2.75, 3.05) is 42.5 Å². The summed E-state index contributed by atoms with van der Waals surface area (Å²) in [6.07, 6.45) is 0.323. The number of urea groups is 1. The second kappa shape index (κ2) is 8.57. The molecule has 2 aliphatic heterocycles. The van der Waals surface area contributed by atoms with Gasteiger partial charge in [-0.3, -0.25) is 9.59 Å². The predicted molar refractivity (Wildman–Crippen MR) is 116 cm³/mol. The topological polar surface area (TPSA) is 73.0 Å². The van der Waals surface area contributed by atoms with Gasteiger partial charge >= 0.3 is 6.03 Å². The van der Waals surface area contributed by atoms with E-state index in [4.69, 9.17) is 0 Å². The minimum absolute atomic E-state index is 0.0327. The molecule has 0 unspecified atom stereocenters. The van der Waals surface area contributed by atoms with Gasteiger partial charge in [-0.25, -0.2) is 4.79 Å². The van der Waals surface area contributed by atoms with E-state index >= 15 is 0 Å². The number of benzene rings is 2. The smallest absolute Gasteiger partial charge is 0.317 e. The Morgan fingerprint density at radius 2 is 1.57 bits per heavy atom. The van der Waals surface area contributed by atoms with Gasteiger partial charge in [0, 0.05) is 56.1 Å². The fraction of sp³-hybridized carbons (Fsp3) is 0.348. The number of Topliss-reactive ketones (excluding diaryl/α,β-unsaturated/α-hetero) is 1. The van der Waals surface area contributed by atoms with Crippen LogP contribution in [0.25, 0.3) is 0 Å². The first-order chi connectivity index (χ1) is 14.5. The van der Waals surface area contributed by atoms with Crippen LogP contribution in [-0.2, 0) is 4.79 Å². The Balaban J connectivity index is 1.28. The fourth-order valence-electron chi connectivity index (χ4n) is 4.00. The van der Waals surface area contributed by atoms with E-state index < -0.39 is 0 Å². The zero-order valence-electron chi connectivity index (χ0n) is 17.1. The molecule has 2 aromatic rings. The molecule has 2 fully saturated rings. The first-order valence-electron chi connectivity index (χ1n) is 10.3. The van der Waals surface area contributed by atoms with Crippen molar-refractivity contribution in [2.24, 2.45) is 0 Å². The molecular formula is C23H26N4O3. The van der Waals surface area contributed by atoms with E-state index in [1.807, 2.05) is 54.6 Å². The van der Waals surface area contributed by atoms with Gasteiger partial charge in [0.05, 0.1) is 6.04 Å². The summed E-state index contributed by atoms with van der Waals surface area (Å²) in [5.41, 5.74) is 2.62. The van der Waals surface area contributed by atoms with E-state index in [1.165, 1.54) is 0 Å². The highest BCUT2D eigenvalue weighted by Crippen LogP contribution is 2.22. The normalized spacial score (nSPS) is 19.2. The van der Waals surface area contributed by atoms with Crippen molar-refractivity contribution in [1.29, 1.82) is 0 Å². The number of amides is 3. The number of hydrogen-bond acceptors (Lipinski definition) is 4. The summed E-state index contributed by atoms with van der Waals surface area (Å²) in [6, 6.07) is 16.8. The molecule has 30 heavy (non-hydrogen) atoms. The Kier molecular flexibility index (Phi) is 5.70. The number of nitrogens with one attached hydrogen (secondary N) is 1. The van der Waals surface area contributed by atoms with Crippen molar-refractivity contribution in [3.05, 3.63) is 60.2 Å². The number of piperazine rings is 1. The van der Waals surface area contributed by atoms with E-state index in [0.29, 0.717) is 31.6 Å². The summed E-state index contributed by atoms with van der Waals surface area (Å²) in [5, 5.41) is 3.02. The van der Waals surface area contributed by atoms with Crippen molar-refractivity contribution in [2.45, 2.75) is 19.4 Å². The number of anilines is 2. The Morgan fingerprint density at radius 3 is 2.20 bits per heavy atom. The summed E-state index contributed by atoms with van der Waals surface area (Å²) in [4.78, 5) is 42.2. The summed E-state index contributed by atoms with van der Waals surface area (Å²) in [5.74, 6) is 0.0876. The molecule has 1 atom stereocenters. The molecular weight excluding hydrogens is 380 g/mol. The van der Waals surface area contributed by atoms with Gasteiger partial charge in [-0.2, -0.15) is 0 Å². The maximum absolute atomic E-state index is 12.7. The summed E-state index contributed by atoms with van der Waals surface area (Å²) in [7, 11) is 0. The van der Waals surface area contributed by atoms with Crippen molar-refractivity contribution in [1.82, 2.24) is 10.2 Å². The lowest BCUT2D eigenvalue weighted by Gasteiger charge is -2.36. The Hall–Kier alpha value is -3.35. The molecule has 0 radical (unpaired) electrons. The molecule has 0 spiro atoms. The summed E-state index contributed by atoms with van der Waals surface area (Å²) >= 11 is 0. The first-order valence-corrected chi connectivity index (χ1v) is 10.3. The van der Waals surface area contributed by atoms with Crippen molar-refractivity contribution in [3.8, 4) is 0 Å². The van der Waals surface area contributed by atoms with Crippen LogP contribution < -0.4 is 15.1 Å². The molecule has 0 bridgehead atoms. The molecule has 0 aliphatic carbocycles. The largest absolute Gasteiger partial charge is 0.368 e. The molecule has 156 valence electrons. The molecule has 2 aliphatic rings. The Labute approximate surface area is 176 Å². The molecule has 0 saturated carbocycles. The second-order valence-corrected chi connectivity index (χ2v) is 7.77. The average Bonchev–Trinajstić information content (AvgIpc) is 3.14. The molecule has 3 amide bonds. The van der Waals surface area contributed by atoms with Crippen LogP contribution >= 0.6 is 0 Å². The van der Waals surface area contributed by atoms with Crippen LogP contribution in [0, 0.1) is 0 Å².